The molecule has 110 valence electrons. The summed E-state index contributed by atoms with van der Waals surface area (Å²) >= 11 is 0. The molecule has 0 aliphatic carbocycles. The van der Waals surface area contributed by atoms with Gasteiger partial charge in [0.15, 0.2) is 0 Å². The van der Waals surface area contributed by atoms with Crippen molar-refractivity contribution in [3.8, 4) is 0 Å². The van der Waals surface area contributed by atoms with E-state index in [1.54, 1.807) is 0 Å². The summed E-state index contributed by atoms with van der Waals surface area (Å²) < 4.78 is 0. The minimum Gasteiger partial charge on any atom is -0.304 e. The quantitative estimate of drug-likeness (QED) is 0.742. The van der Waals surface area contributed by atoms with Crippen molar-refractivity contribution < 1.29 is 0 Å². The van der Waals surface area contributed by atoms with Gasteiger partial charge in [-0.15, -0.1) is 0 Å². The molecule has 0 aromatic rings. The third-order valence-corrected chi connectivity index (χ3v) is 5.39. The van der Waals surface area contributed by atoms with Crippen LogP contribution in [0.25, 0.3) is 0 Å². The smallest absolute Gasteiger partial charge is 0.0321 e. The highest BCUT2D eigenvalue weighted by Gasteiger charge is 2.39. The van der Waals surface area contributed by atoms with Gasteiger partial charge < -0.3 is 4.90 Å². The van der Waals surface area contributed by atoms with Crippen LogP contribution in [0.3, 0.4) is 0 Å². The second-order valence-electron chi connectivity index (χ2n) is 6.94. The Kier molecular flexibility index (Phi) is 4.13. The van der Waals surface area contributed by atoms with Gasteiger partial charge in [0, 0.05) is 51.4 Å². The van der Waals surface area contributed by atoms with Gasteiger partial charge in [0.05, 0.1) is 0 Å². The van der Waals surface area contributed by atoms with Gasteiger partial charge in [-0.1, -0.05) is 6.42 Å². The van der Waals surface area contributed by atoms with Gasteiger partial charge in [0.1, 0.15) is 0 Å². The van der Waals surface area contributed by atoms with E-state index >= 15 is 0 Å². The van der Waals surface area contributed by atoms with Crippen LogP contribution in [0.2, 0.25) is 0 Å². The summed E-state index contributed by atoms with van der Waals surface area (Å²) in [6.07, 6.45) is 5.56. The second kappa shape index (κ2) is 5.68. The fourth-order valence-electron chi connectivity index (χ4n) is 4.11. The highest BCUT2D eigenvalue weighted by Crippen LogP contribution is 2.28. The molecule has 3 aliphatic heterocycles. The number of piperazine rings is 1. The summed E-state index contributed by atoms with van der Waals surface area (Å²) in [4.78, 5) is 5.23. The highest BCUT2D eigenvalue weighted by molar-refractivity contribution is 4.96. The zero-order valence-electron chi connectivity index (χ0n) is 12.8. The monoisotopic (exact) mass is 266 g/mol. The molecule has 3 heterocycles. The average molecular weight is 266 g/mol. The van der Waals surface area contributed by atoms with Gasteiger partial charge in [0.25, 0.3) is 0 Å². The molecular weight excluding hydrogens is 236 g/mol. The third kappa shape index (κ3) is 2.97. The summed E-state index contributed by atoms with van der Waals surface area (Å²) in [7, 11) is 2.26. The lowest BCUT2D eigenvalue weighted by atomic mass is 9.98. The Morgan fingerprint density at radius 3 is 1.95 bits per heavy atom. The third-order valence-electron chi connectivity index (χ3n) is 5.39. The SMILES string of the molecule is CN1CC[C@](C)(N2CCN(N3CCCCC3)CC2)C1. The molecule has 4 nitrogen and oxygen atoms in total. The van der Waals surface area contributed by atoms with E-state index in [0.29, 0.717) is 5.54 Å². The topological polar surface area (TPSA) is 13.0 Å². The summed E-state index contributed by atoms with van der Waals surface area (Å²) in [6.45, 7) is 12.5. The lowest BCUT2D eigenvalue weighted by Gasteiger charge is -2.47. The molecule has 0 aromatic heterocycles. The maximum Gasteiger partial charge on any atom is 0.0321 e. The van der Waals surface area contributed by atoms with Crippen molar-refractivity contribution in [3.05, 3.63) is 0 Å². The van der Waals surface area contributed by atoms with Crippen LogP contribution >= 0.6 is 0 Å². The Morgan fingerprint density at radius 1 is 0.737 bits per heavy atom. The molecule has 0 amide bonds. The molecule has 4 heteroatoms. The first-order valence-electron chi connectivity index (χ1n) is 8.11. The van der Waals surface area contributed by atoms with Crippen LogP contribution in [-0.4, -0.2) is 84.8 Å². The molecule has 0 unspecified atom stereocenters. The molecule has 0 spiro atoms. The summed E-state index contributed by atoms with van der Waals surface area (Å²) in [5.74, 6) is 0. The largest absolute Gasteiger partial charge is 0.304 e. The van der Waals surface area contributed by atoms with E-state index in [1.165, 1.54) is 78.0 Å². The number of hydrazine groups is 1. The van der Waals surface area contributed by atoms with Crippen LogP contribution in [-0.2, 0) is 0 Å². The standard InChI is InChI=1S/C15H30N4/c1-15(6-9-16(2)14-15)17-10-12-19(13-11-17)18-7-4-3-5-8-18/h3-14H2,1-2H3/t15-/m0/s1. The fraction of sp³-hybridized carbons (Fsp3) is 1.00. The minimum absolute atomic E-state index is 0.433. The van der Waals surface area contributed by atoms with Crippen LogP contribution in [0.4, 0.5) is 0 Å². The van der Waals surface area contributed by atoms with E-state index < -0.39 is 0 Å². The zero-order valence-corrected chi connectivity index (χ0v) is 12.8. The predicted molar refractivity (Wildman–Crippen MR) is 79.1 cm³/mol. The van der Waals surface area contributed by atoms with E-state index in [-0.39, 0.29) is 0 Å². The van der Waals surface area contributed by atoms with E-state index in [9.17, 15) is 0 Å². The van der Waals surface area contributed by atoms with Gasteiger partial charge in [-0.05, 0) is 39.8 Å². The summed E-state index contributed by atoms with van der Waals surface area (Å²) in [6, 6.07) is 0. The lowest BCUT2D eigenvalue weighted by molar-refractivity contribution is -0.0832. The van der Waals surface area contributed by atoms with Crippen molar-refractivity contribution >= 4 is 0 Å². The number of likely N-dealkylation sites (tertiary alicyclic amines) is 1. The molecule has 0 bridgehead atoms. The number of hydrogen-bond donors (Lipinski definition) is 0. The van der Waals surface area contributed by atoms with E-state index in [0.717, 1.165) is 0 Å². The molecule has 3 rings (SSSR count). The average Bonchev–Trinajstić information content (AvgIpc) is 2.81. The van der Waals surface area contributed by atoms with Crippen LogP contribution in [0.1, 0.15) is 32.6 Å². The van der Waals surface area contributed by atoms with Gasteiger partial charge in [-0.25, -0.2) is 10.0 Å². The van der Waals surface area contributed by atoms with E-state index in [1.807, 2.05) is 0 Å². The molecule has 0 saturated carbocycles. The summed E-state index contributed by atoms with van der Waals surface area (Å²) in [5, 5.41) is 5.24. The zero-order chi connectivity index (χ0) is 13.3. The first-order chi connectivity index (χ1) is 9.17. The Labute approximate surface area is 118 Å². The Balaban J connectivity index is 1.51. The minimum atomic E-state index is 0.433. The lowest BCUT2D eigenvalue weighted by Crippen LogP contribution is -2.60. The molecule has 1 atom stereocenters. The molecule has 0 N–H and O–H groups in total. The van der Waals surface area contributed by atoms with Crippen LogP contribution in [0.15, 0.2) is 0 Å². The van der Waals surface area contributed by atoms with Crippen LogP contribution in [0, 0.1) is 0 Å². The Morgan fingerprint density at radius 2 is 1.37 bits per heavy atom. The second-order valence-corrected chi connectivity index (χ2v) is 6.94. The number of hydrogen-bond acceptors (Lipinski definition) is 4. The van der Waals surface area contributed by atoms with Crippen molar-refractivity contribution in [2.45, 2.75) is 38.1 Å². The molecule has 0 aromatic carbocycles. The van der Waals surface area contributed by atoms with Crippen molar-refractivity contribution in [3.63, 3.8) is 0 Å². The van der Waals surface area contributed by atoms with Crippen LogP contribution < -0.4 is 0 Å². The van der Waals surface area contributed by atoms with E-state index in [2.05, 4.69) is 33.8 Å². The maximum absolute atomic E-state index is 2.75. The Bertz CT molecular complexity index is 295. The molecular formula is C15H30N4. The number of likely N-dealkylation sites (N-methyl/N-ethyl adjacent to an activating group) is 1. The number of piperidine rings is 1. The molecule has 3 saturated heterocycles. The normalized spacial score (nSPS) is 36.9. The molecule has 19 heavy (non-hydrogen) atoms. The molecule has 3 fully saturated rings. The van der Waals surface area contributed by atoms with Crippen molar-refractivity contribution in [2.24, 2.45) is 0 Å². The predicted octanol–water partition coefficient (Wildman–Crippen LogP) is 1.10. The van der Waals surface area contributed by atoms with Gasteiger partial charge in [0.2, 0.25) is 0 Å². The van der Waals surface area contributed by atoms with Crippen molar-refractivity contribution in [2.75, 3.05) is 59.4 Å². The molecule has 3 aliphatic rings. The van der Waals surface area contributed by atoms with Gasteiger partial charge in [-0.3, -0.25) is 4.90 Å². The van der Waals surface area contributed by atoms with Crippen molar-refractivity contribution in [1.29, 1.82) is 0 Å². The van der Waals surface area contributed by atoms with Crippen LogP contribution in [0.5, 0.6) is 0 Å². The molecule has 0 radical (unpaired) electrons. The first kappa shape index (κ1) is 13.8. The van der Waals surface area contributed by atoms with Gasteiger partial charge >= 0.3 is 0 Å². The Hall–Kier alpha value is -0.160. The first-order valence-corrected chi connectivity index (χ1v) is 8.11. The highest BCUT2D eigenvalue weighted by atomic mass is 15.6. The van der Waals surface area contributed by atoms with E-state index in [4.69, 9.17) is 0 Å². The fourth-order valence-corrected chi connectivity index (χ4v) is 4.11. The number of rotatable bonds is 2. The van der Waals surface area contributed by atoms with Gasteiger partial charge in [-0.2, -0.15) is 0 Å². The summed E-state index contributed by atoms with van der Waals surface area (Å²) in [5.41, 5.74) is 0.433. The maximum atomic E-state index is 2.75. The number of nitrogens with zero attached hydrogens (tertiary/aromatic N) is 4. The van der Waals surface area contributed by atoms with Crippen molar-refractivity contribution in [1.82, 2.24) is 19.8 Å².